The highest BCUT2D eigenvalue weighted by molar-refractivity contribution is 7.89. The number of nitrogens with one attached hydrogen (secondary N) is 1. The molecular weight excluding hydrogens is 380 g/mol. The number of H-pyrrole nitrogens is 1. The molecule has 3 rings (SSSR count). The van der Waals surface area contributed by atoms with Crippen LogP contribution < -0.4 is 5.14 Å². The number of sulfonamides is 1. The molecule has 0 aliphatic rings. The molecule has 0 radical (unpaired) electrons. The number of nitrogens with two attached hydrogens (primary N) is 1. The first kappa shape index (κ1) is 18.1. The van der Waals surface area contributed by atoms with Gasteiger partial charge in [-0.05, 0) is 30.7 Å². The number of para-hydroxylation sites is 1. The van der Waals surface area contributed by atoms with Crippen LogP contribution in [0.5, 0.6) is 5.88 Å². The zero-order valence-corrected chi connectivity index (χ0v) is 15.0. The number of aryl methyl sites for hydroxylation is 1. The van der Waals surface area contributed by atoms with Crippen LogP contribution in [0.3, 0.4) is 0 Å². The summed E-state index contributed by atoms with van der Waals surface area (Å²) in [5.74, 6) is -1.04. The Morgan fingerprint density at radius 2 is 2.00 bits per heavy atom. The molecule has 0 unspecified atom stereocenters. The molecule has 0 atom stereocenters. The Kier molecular flexibility index (Phi) is 4.53. The SMILES string of the molecule is Cc1cccc2c(N=NC(=O)c3ccc(Cl)c(S(N)(=O)=O)c3)c(O)[nH]c12. The molecule has 26 heavy (non-hydrogen) atoms. The summed E-state index contributed by atoms with van der Waals surface area (Å²) in [5, 5.41) is 22.9. The topological polar surface area (TPSA) is 138 Å². The van der Waals surface area contributed by atoms with Crippen molar-refractivity contribution in [2.24, 2.45) is 15.4 Å². The fourth-order valence-corrected chi connectivity index (χ4v) is 3.52. The van der Waals surface area contributed by atoms with Crippen LogP contribution in [0.4, 0.5) is 5.69 Å². The third kappa shape index (κ3) is 3.32. The Morgan fingerprint density at radius 3 is 2.69 bits per heavy atom. The second-order valence-corrected chi connectivity index (χ2v) is 7.45. The van der Waals surface area contributed by atoms with Gasteiger partial charge in [-0.15, -0.1) is 10.2 Å². The normalized spacial score (nSPS) is 12.1. The molecule has 0 spiro atoms. The van der Waals surface area contributed by atoms with E-state index in [2.05, 4.69) is 15.2 Å². The molecule has 0 aliphatic carbocycles. The Balaban J connectivity index is 1.99. The van der Waals surface area contributed by atoms with Gasteiger partial charge in [0.05, 0.1) is 10.5 Å². The first-order valence-electron chi connectivity index (χ1n) is 7.27. The first-order valence-corrected chi connectivity index (χ1v) is 9.19. The van der Waals surface area contributed by atoms with Crippen LogP contribution >= 0.6 is 11.6 Å². The van der Waals surface area contributed by atoms with Crippen LogP contribution in [0.1, 0.15) is 15.9 Å². The highest BCUT2D eigenvalue weighted by Crippen LogP contribution is 2.36. The Bertz CT molecular complexity index is 1170. The predicted molar refractivity (Wildman–Crippen MR) is 96.4 cm³/mol. The number of azo groups is 1. The van der Waals surface area contributed by atoms with Crippen LogP contribution in [0, 0.1) is 6.92 Å². The third-order valence-electron chi connectivity index (χ3n) is 3.72. The Hall–Kier alpha value is -2.75. The number of carbonyl (C=O) groups excluding carboxylic acids is 1. The van der Waals surface area contributed by atoms with Crippen LogP contribution in [-0.2, 0) is 10.0 Å². The number of carbonyl (C=O) groups is 1. The number of rotatable bonds is 3. The van der Waals surface area contributed by atoms with Gasteiger partial charge in [-0.1, -0.05) is 29.8 Å². The molecule has 1 aromatic heterocycles. The lowest BCUT2D eigenvalue weighted by molar-refractivity contribution is 0.0995. The van der Waals surface area contributed by atoms with Crippen molar-refractivity contribution < 1.29 is 18.3 Å². The lowest BCUT2D eigenvalue weighted by atomic mass is 10.1. The second kappa shape index (κ2) is 6.52. The molecule has 1 heterocycles. The van der Waals surface area contributed by atoms with Crippen LogP contribution in [0.25, 0.3) is 10.9 Å². The summed E-state index contributed by atoms with van der Waals surface area (Å²) in [6.45, 7) is 1.85. The molecular formula is C16H13ClN4O4S. The summed E-state index contributed by atoms with van der Waals surface area (Å²) in [6.07, 6.45) is 0. The van der Waals surface area contributed by atoms with Crippen LogP contribution in [0.15, 0.2) is 51.5 Å². The Morgan fingerprint density at radius 1 is 1.27 bits per heavy atom. The van der Waals surface area contributed by atoms with Gasteiger partial charge < -0.3 is 10.1 Å². The van der Waals surface area contributed by atoms with Gasteiger partial charge in [0.2, 0.25) is 15.9 Å². The lowest BCUT2D eigenvalue weighted by Gasteiger charge is -2.02. The molecule has 0 saturated heterocycles. The molecule has 0 aliphatic heterocycles. The van der Waals surface area contributed by atoms with Gasteiger partial charge in [0.1, 0.15) is 4.90 Å². The van der Waals surface area contributed by atoms with E-state index < -0.39 is 15.9 Å². The summed E-state index contributed by atoms with van der Waals surface area (Å²) >= 11 is 5.78. The van der Waals surface area contributed by atoms with Crippen molar-refractivity contribution in [2.75, 3.05) is 0 Å². The van der Waals surface area contributed by atoms with E-state index in [0.717, 1.165) is 11.6 Å². The fraction of sp³-hybridized carbons (Fsp3) is 0.0625. The molecule has 0 saturated carbocycles. The van der Waals surface area contributed by atoms with Gasteiger partial charge in [-0.25, -0.2) is 13.6 Å². The van der Waals surface area contributed by atoms with E-state index in [1.807, 2.05) is 13.0 Å². The number of aromatic amines is 1. The number of aromatic nitrogens is 1. The predicted octanol–water partition coefficient (Wildman–Crippen LogP) is 3.41. The van der Waals surface area contributed by atoms with E-state index in [1.165, 1.54) is 12.1 Å². The molecule has 4 N–H and O–H groups in total. The van der Waals surface area contributed by atoms with Crippen molar-refractivity contribution in [1.82, 2.24) is 4.98 Å². The smallest absolute Gasteiger partial charge is 0.295 e. The summed E-state index contributed by atoms with van der Waals surface area (Å²) in [6, 6.07) is 8.92. The maximum Gasteiger partial charge on any atom is 0.295 e. The summed E-state index contributed by atoms with van der Waals surface area (Å²) in [5.41, 5.74) is 1.62. The van der Waals surface area contributed by atoms with Crippen molar-refractivity contribution in [3.63, 3.8) is 0 Å². The summed E-state index contributed by atoms with van der Waals surface area (Å²) in [7, 11) is -4.09. The van der Waals surface area contributed by atoms with Gasteiger partial charge in [0.25, 0.3) is 5.91 Å². The molecule has 0 fully saturated rings. The molecule has 3 aromatic rings. The van der Waals surface area contributed by atoms with Gasteiger partial charge >= 0.3 is 0 Å². The van der Waals surface area contributed by atoms with Crippen molar-refractivity contribution in [3.8, 4) is 5.88 Å². The van der Waals surface area contributed by atoms with Gasteiger partial charge in [0.15, 0.2) is 5.69 Å². The zero-order valence-electron chi connectivity index (χ0n) is 13.4. The largest absolute Gasteiger partial charge is 0.493 e. The number of primary sulfonamides is 1. The highest BCUT2D eigenvalue weighted by atomic mass is 35.5. The summed E-state index contributed by atoms with van der Waals surface area (Å²) in [4.78, 5) is 14.6. The molecule has 10 heteroatoms. The number of hydrogen-bond acceptors (Lipinski definition) is 5. The zero-order chi connectivity index (χ0) is 19.1. The molecule has 134 valence electrons. The second-order valence-electron chi connectivity index (χ2n) is 5.52. The number of amides is 1. The molecule has 1 amide bonds. The minimum atomic E-state index is -4.09. The van der Waals surface area contributed by atoms with Gasteiger partial charge in [0, 0.05) is 10.9 Å². The summed E-state index contributed by atoms with van der Waals surface area (Å²) < 4.78 is 23.0. The average Bonchev–Trinajstić information content (AvgIpc) is 2.89. The van der Waals surface area contributed by atoms with E-state index in [0.29, 0.717) is 10.9 Å². The van der Waals surface area contributed by atoms with Gasteiger partial charge in [-0.2, -0.15) is 0 Å². The molecule has 0 bridgehead atoms. The van der Waals surface area contributed by atoms with Crippen LogP contribution in [0.2, 0.25) is 5.02 Å². The molecule has 2 aromatic carbocycles. The highest BCUT2D eigenvalue weighted by Gasteiger charge is 2.17. The minimum Gasteiger partial charge on any atom is -0.493 e. The van der Waals surface area contributed by atoms with Crippen molar-refractivity contribution in [1.29, 1.82) is 0 Å². The van der Waals surface area contributed by atoms with E-state index >= 15 is 0 Å². The van der Waals surface area contributed by atoms with E-state index in [9.17, 15) is 18.3 Å². The first-order chi connectivity index (χ1) is 12.2. The van der Waals surface area contributed by atoms with Crippen molar-refractivity contribution in [2.45, 2.75) is 11.8 Å². The van der Waals surface area contributed by atoms with Crippen molar-refractivity contribution >= 4 is 44.1 Å². The van der Waals surface area contributed by atoms with E-state index in [1.54, 1.807) is 12.1 Å². The Labute approximate surface area is 153 Å². The minimum absolute atomic E-state index is 0.0577. The lowest BCUT2D eigenvalue weighted by Crippen LogP contribution is -2.13. The van der Waals surface area contributed by atoms with Crippen molar-refractivity contribution in [3.05, 3.63) is 52.5 Å². The van der Waals surface area contributed by atoms with E-state index in [-0.39, 0.29) is 27.0 Å². The molecule has 8 nitrogen and oxygen atoms in total. The number of aromatic hydroxyl groups is 1. The standard InChI is InChI=1S/C16H13ClN4O4S/c1-8-3-2-4-10-13(8)19-16(23)14(10)20-21-15(22)9-5-6-11(17)12(7-9)26(18,24)25/h2-7,19,23H,1H3,(H2,18,24,25). The maximum atomic E-state index is 12.2. The number of fused-ring (bicyclic) bond motifs is 1. The van der Waals surface area contributed by atoms with E-state index in [4.69, 9.17) is 16.7 Å². The number of halogens is 1. The number of hydrogen-bond donors (Lipinski definition) is 3. The number of benzene rings is 2. The van der Waals surface area contributed by atoms with Gasteiger partial charge in [-0.3, -0.25) is 4.79 Å². The average molecular weight is 393 g/mol. The monoisotopic (exact) mass is 392 g/mol. The number of nitrogens with zero attached hydrogens (tertiary/aromatic N) is 2. The van der Waals surface area contributed by atoms with Crippen LogP contribution in [-0.4, -0.2) is 24.4 Å². The maximum absolute atomic E-state index is 12.2. The quantitative estimate of drug-likeness (QED) is 0.588. The fourth-order valence-electron chi connectivity index (χ4n) is 2.44. The third-order valence-corrected chi connectivity index (χ3v) is 5.11.